The predicted octanol–water partition coefficient (Wildman–Crippen LogP) is 5.44. The summed E-state index contributed by atoms with van der Waals surface area (Å²) < 4.78 is 27.1. The highest BCUT2D eigenvalue weighted by Crippen LogP contribution is 2.27. The van der Waals surface area contributed by atoms with Gasteiger partial charge in [0.1, 0.15) is 11.6 Å². The van der Waals surface area contributed by atoms with Crippen molar-refractivity contribution in [3.8, 4) is 0 Å². The van der Waals surface area contributed by atoms with Gasteiger partial charge >= 0.3 is 0 Å². The van der Waals surface area contributed by atoms with Crippen molar-refractivity contribution in [2.24, 2.45) is 0 Å². The van der Waals surface area contributed by atoms with Gasteiger partial charge in [-0.25, -0.2) is 8.78 Å². The highest BCUT2D eigenvalue weighted by atomic mass is 19.1. The van der Waals surface area contributed by atoms with Crippen LogP contribution in [0.4, 0.5) is 20.2 Å². The van der Waals surface area contributed by atoms with E-state index in [9.17, 15) is 13.6 Å². The number of halogens is 2. The highest BCUT2D eigenvalue weighted by molar-refractivity contribution is 6.04. The van der Waals surface area contributed by atoms with E-state index in [1.165, 1.54) is 11.1 Å². The second-order valence-corrected chi connectivity index (χ2v) is 9.15. The summed E-state index contributed by atoms with van der Waals surface area (Å²) in [7, 11) is 0. The molecule has 1 saturated heterocycles. The van der Waals surface area contributed by atoms with Crippen LogP contribution in [0.2, 0.25) is 0 Å². The fourth-order valence-electron chi connectivity index (χ4n) is 4.69. The number of hydrogen-bond donors (Lipinski definition) is 1. The molecule has 1 N–H and O–H groups in total. The van der Waals surface area contributed by atoms with Crippen molar-refractivity contribution in [2.45, 2.75) is 13.3 Å². The van der Waals surface area contributed by atoms with Gasteiger partial charge < -0.3 is 10.2 Å². The van der Waals surface area contributed by atoms with Gasteiger partial charge in [-0.3, -0.25) is 14.7 Å². The number of hydrogen-bond acceptors (Lipinski definition) is 4. The van der Waals surface area contributed by atoms with Crippen molar-refractivity contribution < 1.29 is 13.6 Å². The molecule has 1 amide bonds. The number of piperazine rings is 1. The minimum absolute atomic E-state index is 0.184. The van der Waals surface area contributed by atoms with Gasteiger partial charge in [0.25, 0.3) is 5.91 Å². The Morgan fingerprint density at radius 1 is 0.944 bits per heavy atom. The Labute approximate surface area is 209 Å². The highest BCUT2D eigenvalue weighted by Gasteiger charge is 2.19. The minimum atomic E-state index is -0.877. The van der Waals surface area contributed by atoms with Gasteiger partial charge in [-0.05, 0) is 67.4 Å². The largest absolute Gasteiger partial charge is 0.368 e. The van der Waals surface area contributed by atoms with E-state index < -0.39 is 17.5 Å². The monoisotopic (exact) mass is 486 g/mol. The molecular formula is C29H28F2N4O. The number of carbonyl (C=O) groups excluding carboxylic acids is 1. The predicted molar refractivity (Wildman–Crippen MR) is 140 cm³/mol. The molecule has 1 aliphatic heterocycles. The van der Waals surface area contributed by atoms with E-state index in [4.69, 9.17) is 0 Å². The number of anilines is 2. The SMILES string of the molecule is Cc1ccc2c(N3CCN(CCc4cccc(NC(=O)c5ccc(F)cc5F)c4)CC3)cccc2n1. The number of rotatable bonds is 6. The molecule has 3 aromatic carbocycles. The molecule has 36 heavy (non-hydrogen) atoms. The van der Waals surface area contributed by atoms with Crippen molar-refractivity contribution in [3.63, 3.8) is 0 Å². The summed E-state index contributed by atoms with van der Waals surface area (Å²) in [4.78, 5) is 22.0. The topological polar surface area (TPSA) is 48.5 Å². The van der Waals surface area contributed by atoms with Crippen LogP contribution in [-0.2, 0) is 6.42 Å². The molecule has 184 valence electrons. The second kappa shape index (κ2) is 10.4. The quantitative estimate of drug-likeness (QED) is 0.394. The number of aromatic nitrogens is 1. The normalized spacial score (nSPS) is 14.2. The zero-order valence-electron chi connectivity index (χ0n) is 20.2. The number of nitrogens with zero attached hydrogens (tertiary/aromatic N) is 3. The zero-order valence-corrected chi connectivity index (χ0v) is 20.2. The lowest BCUT2D eigenvalue weighted by Gasteiger charge is -2.36. The first-order valence-corrected chi connectivity index (χ1v) is 12.2. The molecule has 0 bridgehead atoms. The Morgan fingerprint density at radius 3 is 2.56 bits per heavy atom. The van der Waals surface area contributed by atoms with Gasteiger partial charge in [-0.15, -0.1) is 0 Å². The summed E-state index contributed by atoms with van der Waals surface area (Å²) in [5, 5.41) is 3.90. The molecule has 0 aliphatic carbocycles. The molecule has 1 aliphatic rings. The smallest absolute Gasteiger partial charge is 0.258 e. The number of pyridine rings is 1. The summed E-state index contributed by atoms with van der Waals surface area (Å²) in [6.07, 6.45) is 0.839. The maximum Gasteiger partial charge on any atom is 0.258 e. The Bertz CT molecular complexity index is 1400. The van der Waals surface area contributed by atoms with E-state index in [1.807, 2.05) is 25.1 Å². The Morgan fingerprint density at radius 2 is 1.75 bits per heavy atom. The Balaban J connectivity index is 1.16. The zero-order chi connectivity index (χ0) is 25.1. The molecule has 0 unspecified atom stereocenters. The van der Waals surface area contributed by atoms with Crippen molar-refractivity contribution in [1.29, 1.82) is 0 Å². The Kier molecular flexibility index (Phi) is 6.91. The number of fused-ring (bicyclic) bond motifs is 1. The number of carbonyl (C=O) groups is 1. The molecule has 0 saturated carbocycles. The fraction of sp³-hybridized carbons (Fsp3) is 0.241. The third-order valence-corrected chi connectivity index (χ3v) is 6.64. The molecule has 4 aromatic rings. The maximum absolute atomic E-state index is 13.9. The van der Waals surface area contributed by atoms with E-state index in [0.29, 0.717) is 11.8 Å². The van der Waals surface area contributed by atoms with Crippen LogP contribution in [0.25, 0.3) is 10.9 Å². The maximum atomic E-state index is 13.9. The summed E-state index contributed by atoms with van der Waals surface area (Å²) in [5.74, 6) is -2.19. The van der Waals surface area contributed by atoms with Crippen LogP contribution < -0.4 is 10.2 Å². The molecule has 0 spiro atoms. The first kappa shape index (κ1) is 23.9. The van der Waals surface area contributed by atoms with Crippen LogP contribution in [0.3, 0.4) is 0 Å². The second-order valence-electron chi connectivity index (χ2n) is 9.15. The third kappa shape index (κ3) is 5.36. The van der Waals surface area contributed by atoms with E-state index in [2.05, 4.69) is 50.4 Å². The summed E-state index contributed by atoms with van der Waals surface area (Å²) in [6, 6.07) is 21.0. The first-order chi connectivity index (χ1) is 17.5. The molecule has 5 nitrogen and oxygen atoms in total. The number of benzene rings is 3. The molecule has 7 heteroatoms. The van der Waals surface area contributed by atoms with E-state index >= 15 is 0 Å². The third-order valence-electron chi connectivity index (χ3n) is 6.64. The molecule has 2 heterocycles. The van der Waals surface area contributed by atoms with Crippen molar-refractivity contribution in [1.82, 2.24) is 9.88 Å². The molecule has 1 aromatic heterocycles. The number of nitrogens with one attached hydrogen (secondary N) is 1. The molecule has 0 atom stereocenters. The molecular weight excluding hydrogens is 458 g/mol. The fourth-order valence-corrected chi connectivity index (χ4v) is 4.69. The summed E-state index contributed by atoms with van der Waals surface area (Å²) in [6.45, 7) is 6.76. The summed E-state index contributed by atoms with van der Waals surface area (Å²) >= 11 is 0. The Hall–Kier alpha value is -3.84. The number of aryl methyl sites for hydroxylation is 1. The number of amides is 1. The minimum Gasteiger partial charge on any atom is -0.368 e. The van der Waals surface area contributed by atoms with Crippen LogP contribution >= 0.6 is 0 Å². The summed E-state index contributed by atoms with van der Waals surface area (Å²) in [5.41, 5.74) is 4.79. The van der Waals surface area contributed by atoms with Gasteiger partial charge in [0.2, 0.25) is 0 Å². The van der Waals surface area contributed by atoms with Crippen LogP contribution in [0.1, 0.15) is 21.6 Å². The lowest BCUT2D eigenvalue weighted by molar-refractivity contribution is 0.102. The van der Waals surface area contributed by atoms with Gasteiger partial charge in [0.05, 0.1) is 11.1 Å². The lowest BCUT2D eigenvalue weighted by Crippen LogP contribution is -2.47. The van der Waals surface area contributed by atoms with E-state index in [-0.39, 0.29) is 5.56 Å². The van der Waals surface area contributed by atoms with Gasteiger partial charge in [-0.2, -0.15) is 0 Å². The van der Waals surface area contributed by atoms with Crippen LogP contribution in [0, 0.1) is 18.6 Å². The standard InChI is InChI=1S/C29H28F2N4O/c1-20-8-10-25-27(32-20)6-3-7-28(25)35-16-14-34(15-17-35)13-12-21-4-2-5-23(18-21)33-29(36)24-11-9-22(30)19-26(24)31/h2-11,18-19H,12-17H2,1H3,(H,33,36). The van der Waals surface area contributed by atoms with Crippen LogP contribution in [-0.4, -0.2) is 48.5 Å². The molecule has 0 radical (unpaired) electrons. The van der Waals surface area contributed by atoms with Gasteiger partial charge in [-0.1, -0.05) is 18.2 Å². The van der Waals surface area contributed by atoms with Gasteiger partial charge in [0.15, 0.2) is 0 Å². The van der Waals surface area contributed by atoms with Crippen molar-refractivity contribution in [3.05, 3.63) is 101 Å². The van der Waals surface area contributed by atoms with Crippen LogP contribution in [0.15, 0.2) is 72.8 Å². The van der Waals surface area contributed by atoms with Gasteiger partial charge in [0, 0.05) is 61.2 Å². The van der Waals surface area contributed by atoms with E-state index in [1.54, 1.807) is 6.07 Å². The average molecular weight is 487 g/mol. The van der Waals surface area contributed by atoms with Crippen LogP contribution in [0.5, 0.6) is 0 Å². The lowest BCUT2D eigenvalue weighted by atomic mass is 10.1. The molecule has 1 fully saturated rings. The van der Waals surface area contributed by atoms with Crippen molar-refractivity contribution >= 4 is 28.2 Å². The molecule has 5 rings (SSSR count). The van der Waals surface area contributed by atoms with Crippen molar-refractivity contribution in [2.75, 3.05) is 42.9 Å². The van der Waals surface area contributed by atoms with E-state index in [0.717, 1.165) is 68.1 Å². The first-order valence-electron chi connectivity index (χ1n) is 12.2. The average Bonchev–Trinajstić information content (AvgIpc) is 2.87.